The first kappa shape index (κ1) is 20.2. The van der Waals surface area contributed by atoms with Crippen LogP contribution in [0.25, 0.3) is 10.9 Å². The normalized spacial score (nSPS) is 12.6. The van der Waals surface area contributed by atoms with Crippen LogP contribution in [0.15, 0.2) is 53.7 Å². The first-order chi connectivity index (χ1) is 18.1. The summed E-state index contributed by atoms with van der Waals surface area (Å²) in [6.45, 7) is 0.427. The number of aromatic nitrogens is 4. The standard InChI is InChI=1S/C24H26FN7O3/c1-4-31-10-9-18-21(24(31)34)17(14-32(18)11-12-35-3)28-22-16(23(33)26-2)6-8-20(30-22)29-19-7-5-15(25)13-27-19/h5-10,13-14H,4,11-12H2,1-3H3,(H,26,33)(H2,27,28,29,30)/i2D3. The topological polar surface area (TPSA) is 115 Å². The van der Waals surface area contributed by atoms with Gasteiger partial charge in [0.2, 0.25) is 0 Å². The lowest BCUT2D eigenvalue weighted by atomic mass is 10.2. The Bertz CT molecular complexity index is 1520. The van der Waals surface area contributed by atoms with Crippen molar-refractivity contribution in [1.29, 1.82) is 0 Å². The van der Waals surface area contributed by atoms with Crippen molar-refractivity contribution in [3.63, 3.8) is 0 Å². The van der Waals surface area contributed by atoms with Gasteiger partial charge in [-0.1, -0.05) is 0 Å². The molecule has 35 heavy (non-hydrogen) atoms. The predicted molar refractivity (Wildman–Crippen MR) is 132 cm³/mol. The summed E-state index contributed by atoms with van der Waals surface area (Å²) in [6, 6.07) is 7.29. The van der Waals surface area contributed by atoms with Crippen molar-refractivity contribution >= 4 is 40.0 Å². The number of hydrogen-bond donors (Lipinski definition) is 3. The molecule has 1 amide bonds. The number of carbonyl (C=O) groups excluding carboxylic acids is 1. The van der Waals surface area contributed by atoms with Crippen LogP contribution in [-0.4, -0.2) is 45.7 Å². The number of aryl methyl sites for hydroxylation is 1. The van der Waals surface area contributed by atoms with Crippen molar-refractivity contribution in [2.24, 2.45) is 0 Å². The Balaban J connectivity index is 1.81. The molecule has 4 rings (SSSR count). The fourth-order valence-electron chi connectivity index (χ4n) is 3.65. The molecule has 0 bridgehead atoms. The van der Waals surface area contributed by atoms with Gasteiger partial charge in [-0.25, -0.2) is 14.4 Å². The molecular weight excluding hydrogens is 453 g/mol. The van der Waals surface area contributed by atoms with E-state index in [9.17, 15) is 14.0 Å². The van der Waals surface area contributed by atoms with Crippen LogP contribution in [0.3, 0.4) is 0 Å². The highest BCUT2D eigenvalue weighted by molar-refractivity contribution is 6.01. The highest BCUT2D eigenvalue weighted by atomic mass is 19.1. The molecule has 10 nitrogen and oxygen atoms in total. The molecule has 3 N–H and O–H groups in total. The van der Waals surface area contributed by atoms with Crippen LogP contribution in [0.1, 0.15) is 21.4 Å². The summed E-state index contributed by atoms with van der Waals surface area (Å²) >= 11 is 0. The minimum absolute atomic E-state index is 0.00375. The van der Waals surface area contributed by atoms with Crippen LogP contribution in [-0.2, 0) is 17.8 Å². The van der Waals surface area contributed by atoms with Gasteiger partial charge in [0.25, 0.3) is 11.5 Å². The molecule has 0 fully saturated rings. The summed E-state index contributed by atoms with van der Waals surface area (Å²) in [5, 5.41) is 8.29. The highest BCUT2D eigenvalue weighted by Gasteiger charge is 2.18. The van der Waals surface area contributed by atoms with E-state index in [0.717, 1.165) is 6.20 Å². The zero-order chi connectivity index (χ0) is 27.4. The quantitative estimate of drug-likeness (QED) is 0.335. The van der Waals surface area contributed by atoms with Crippen molar-refractivity contribution in [2.45, 2.75) is 20.0 Å². The molecule has 4 heterocycles. The molecule has 0 unspecified atom stereocenters. The zero-order valence-corrected chi connectivity index (χ0v) is 19.1. The molecule has 0 atom stereocenters. The third-order valence-corrected chi connectivity index (χ3v) is 5.37. The van der Waals surface area contributed by atoms with E-state index < -0.39 is 18.7 Å². The van der Waals surface area contributed by atoms with E-state index in [1.165, 1.54) is 24.3 Å². The van der Waals surface area contributed by atoms with E-state index in [1.807, 2.05) is 22.9 Å². The number of amides is 1. The van der Waals surface area contributed by atoms with Crippen molar-refractivity contribution in [3.05, 3.63) is 70.7 Å². The number of fused-ring (bicyclic) bond motifs is 1. The van der Waals surface area contributed by atoms with E-state index in [-0.39, 0.29) is 22.8 Å². The monoisotopic (exact) mass is 482 g/mol. The third kappa shape index (κ3) is 4.99. The number of carbonyl (C=O) groups is 1. The average Bonchev–Trinajstić information content (AvgIpc) is 3.21. The molecule has 0 aliphatic carbocycles. The molecular formula is C24H26FN7O3. The van der Waals surface area contributed by atoms with Gasteiger partial charge in [0.15, 0.2) is 0 Å². The first-order valence-corrected chi connectivity index (χ1v) is 10.8. The smallest absolute Gasteiger partial charge is 0.262 e. The maximum Gasteiger partial charge on any atom is 0.262 e. The fraction of sp³-hybridized carbons (Fsp3) is 0.250. The predicted octanol–water partition coefficient (Wildman–Crippen LogP) is 3.25. The Morgan fingerprint density at radius 3 is 2.71 bits per heavy atom. The molecule has 0 saturated carbocycles. The van der Waals surface area contributed by atoms with Gasteiger partial charge in [-0.3, -0.25) is 9.59 Å². The number of ether oxygens (including phenoxy) is 1. The van der Waals surface area contributed by atoms with Crippen LogP contribution in [0, 0.1) is 5.82 Å². The van der Waals surface area contributed by atoms with Crippen LogP contribution in [0.2, 0.25) is 0 Å². The lowest BCUT2D eigenvalue weighted by Crippen LogP contribution is -2.21. The van der Waals surface area contributed by atoms with Gasteiger partial charge < -0.3 is 29.8 Å². The van der Waals surface area contributed by atoms with E-state index in [4.69, 9.17) is 8.85 Å². The van der Waals surface area contributed by atoms with Gasteiger partial charge in [0, 0.05) is 43.7 Å². The second kappa shape index (κ2) is 10.3. The maximum absolute atomic E-state index is 13.3. The number of methoxy groups -OCH3 is 1. The summed E-state index contributed by atoms with van der Waals surface area (Å²) in [4.78, 5) is 34.5. The maximum atomic E-state index is 13.3. The SMILES string of the molecule is [2H]C([2H])([2H])NC(=O)c1ccc(Nc2ccc(F)cn2)nc1Nc1cn(CCOC)c2ccn(CC)c(=O)c12. The number of hydrogen-bond acceptors (Lipinski definition) is 7. The largest absolute Gasteiger partial charge is 0.383 e. The summed E-state index contributed by atoms with van der Waals surface area (Å²) in [6.07, 6.45) is 4.44. The number of halogens is 1. The number of pyridine rings is 3. The van der Waals surface area contributed by atoms with Crippen molar-refractivity contribution in [2.75, 3.05) is 31.3 Å². The van der Waals surface area contributed by atoms with E-state index in [1.54, 1.807) is 24.1 Å². The molecule has 0 radical (unpaired) electrons. The zero-order valence-electron chi connectivity index (χ0n) is 22.1. The summed E-state index contributed by atoms with van der Waals surface area (Å²) in [7, 11) is 1.57. The van der Waals surface area contributed by atoms with Gasteiger partial charge >= 0.3 is 0 Å². The number of rotatable bonds is 9. The molecule has 0 saturated heterocycles. The summed E-state index contributed by atoms with van der Waals surface area (Å²) in [5.74, 6) is -0.862. The molecule has 0 aliphatic heterocycles. The van der Waals surface area contributed by atoms with Gasteiger partial charge in [0.05, 0.1) is 35.0 Å². The van der Waals surface area contributed by atoms with Gasteiger partial charge in [-0.05, 0) is 37.3 Å². The van der Waals surface area contributed by atoms with Gasteiger partial charge in [-0.15, -0.1) is 0 Å². The number of nitrogens with one attached hydrogen (secondary N) is 3. The number of nitrogens with zero attached hydrogens (tertiary/aromatic N) is 4. The first-order valence-electron chi connectivity index (χ1n) is 12.3. The second-order valence-electron chi connectivity index (χ2n) is 7.55. The van der Waals surface area contributed by atoms with Crippen LogP contribution < -0.4 is 21.5 Å². The molecule has 4 aromatic rings. The van der Waals surface area contributed by atoms with Gasteiger partial charge in [-0.2, -0.15) is 0 Å². The minimum Gasteiger partial charge on any atom is -0.383 e. The molecule has 0 aliphatic rings. The summed E-state index contributed by atoms with van der Waals surface area (Å²) < 4.78 is 44.1. The number of anilines is 4. The molecule has 4 aromatic heterocycles. The Hall–Kier alpha value is -4.25. The molecule has 0 spiro atoms. The Kier molecular flexibility index (Phi) is 5.96. The van der Waals surface area contributed by atoms with E-state index in [2.05, 4.69) is 20.6 Å². The molecule has 11 heteroatoms. The van der Waals surface area contributed by atoms with Crippen molar-refractivity contribution < 1.29 is 18.0 Å². The third-order valence-electron chi connectivity index (χ3n) is 5.37. The van der Waals surface area contributed by atoms with Gasteiger partial charge in [0.1, 0.15) is 23.3 Å². The van der Waals surface area contributed by atoms with E-state index in [0.29, 0.717) is 42.1 Å². The Morgan fingerprint density at radius 2 is 2.00 bits per heavy atom. The lowest BCUT2D eigenvalue weighted by molar-refractivity contribution is 0.0963. The average molecular weight is 483 g/mol. The Labute approximate surface area is 205 Å². The van der Waals surface area contributed by atoms with Crippen LogP contribution in [0.4, 0.5) is 27.5 Å². The van der Waals surface area contributed by atoms with E-state index >= 15 is 0 Å². The van der Waals surface area contributed by atoms with Crippen molar-refractivity contribution in [1.82, 2.24) is 24.4 Å². The second-order valence-corrected chi connectivity index (χ2v) is 7.55. The molecule has 0 aromatic carbocycles. The lowest BCUT2D eigenvalue weighted by Gasteiger charge is -2.12. The summed E-state index contributed by atoms with van der Waals surface area (Å²) in [5.41, 5.74) is 0.708. The van der Waals surface area contributed by atoms with Crippen molar-refractivity contribution in [3.8, 4) is 0 Å². The fourth-order valence-corrected chi connectivity index (χ4v) is 3.65. The van der Waals surface area contributed by atoms with Crippen LogP contribution in [0.5, 0.6) is 0 Å². The Morgan fingerprint density at radius 1 is 1.17 bits per heavy atom. The molecule has 182 valence electrons. The highest BCUT2D eigenvalue weighted by Crippen LogP contribution is 2.28. The van der Waals surface area contributed by atoms with Crippen LogP contribution >= 0.6 is 0 Å². The minimum atomic E-state index is -2.73.